The highest BCUT2D eigenvalue weighted by Gasteiger charge is 2.19. The molecule has 0 saturated heterocycles. The molecule has 384 valence electrons. The van der Waals surface area contributed by atoms with Gasteiger partial charge in [0.25, 0.3) is 0 Å². The third-order valence-electron chi connectivity index (χ3n) is 11.8. The molecule has 0 aromatic rings. The molecule has 0 unspecified atom stereocenters. The summed E-state index contributed by atoms with van der Waals surface area (Å²) in [5.41, 5.74) is 0. The third-order valence-corrected chi connectivity index (χ3v) is 11.8. The van der Waals surface area contributed by atoms with Crippen molar-refractivity contribution in [2.24, 2.45) is 0 Å². The summed E-state index contributed by atoms with van der Waals surface area (Å²) in [7, 11) is 0. The molecule has 0 fully saturated rings. The van der Waals surface area contributed by atoms with E-state index in [1.54, 1.807) is 0 Å². The summed E-state index contributed by atoms with van der Waals surface area (Å²) in [6.45, 7) is 6.53. The first kappa shape index (κ1) is 63.6. The molecule has 0 heterocycles. The van der Waals surface area contributed by atoms with Gasteiger partial charge in [-0.05, 0) is 122 Å². The van der Waals surface area contributed by atoms with Crippen LogP contribution in [0.1, 0.15) is 265 Å². The van der Waals surface area contributed by atoms with Gasteiger partial charge in [-0.25, -0.2) is 0 Å². The van der Waals surface area contributed by atoms with Gasteiger partial charge in [0.2, 0.25) is 0 Å². The lowest BCUT2D eigenvalue weighted by atomic mass is 10.1. The van der Waals surface area contributed by atoms with E-state index in [2.05, 4.69) is 106 Å². The molecule has 0 radical (unpaired) electrons. The Kier molecular flexibility index (Phi) is 52.4. The van der Waals surface area contributed by atoms with E-state index in [0.717, 1.165) is 122 Å². The van der Waals surface area contributed by atoms with Crippen molar-refractivity contribution in [2.75, 3.05) is 13.2 Å². The van der Waals surface area contributed by atoms with E-state index >= 15 is 0 Å². The van der Waals surface area contributed by atoms with Crippen molar-refractivity contribution in [3.8, 4) is 0 Å². The van der Waals surface area contributed by atoms with Crippen LogP contribution in [0.5, 0.6) is 0 Å². The van der Waals surface area contributed by atoms with Crippen molar-refractivity contribution in [2.45, 2.75) is 271 Å². The van der Waals surface area contributed by atoms with Crippen molar-refractivity contribution in [1.29, 1.82) is 0 Å². The van der Waals surface area contributed by atoms with Crippen LogP contribution in [0.25, 0.3) is 0 Å². The lowest BCUT2D eigenvalue weighted by Gasteiger charge is -2.18. The fourth-order valence-electron chi connectivity index (χ4n) is 7.57. The fourth-order valence-corrected chi connectivity index (χ4v) is 7.57. The molecule has 0 rings (SSSR count). The van der Waals surface area contributed by atoms with Crippen molar-refractivity contribution in [1.82, 2.24) is 0 Å². The Balaban J connectivity index is 4.47. The summed E-state index contributed by atoms with van der Waals surface area (Å²) in [5, 5.41) is 0. The molecule has 67 heavy (non-hydrogen) atoms. The van der Waals surface area contributed by atoms with Crippen molar-refractivity contribution in [3.05, 3.63) is 85.1 Å². The first-order chi connectivity index (χ1) is 33.0. The lowest BCUT2D eigenvalue weighted by Crippen LogP contribution is -2.30. The Labute approximate surface area is 414 Å². The van der Waals surface area contributed by atoms with E-state index in [9.17, 15) is 14.4 Å². The Hall–Kier alpha value is -3.41. The van der Waals surface area contributed by atoms with Crippen molar-refractivity contribution < 1.29 is 28.6 Å². The van der Waals surface area contributed by atoms with E-state index in [1.807, 2.05) is 0 Å². The molecular weight excluding hydrogens is 829 g/mol. The van der Waals surface area contributed by atoms with Gasteiger partial charge in [-0.1, -0.05) is 209 Å². The van der Waals surface area contributed by atoms with Gasteiger partial charge >= 0.3 is 17.9 Å². The summed E-state index contributed by atoms with van der Waals surface area (Å²) in [5.74, 6) is -0.934. The molecule has 0 aromatic heterocycles. The maximum atomic E-state index is 12.8. The quantitative estimate of drug-likeness (QED) is 0.0262. The number of carbonyl (C=O) groups is 3. The van der Waals surface area contributed by atoms with E-state index in [4.69, 9.17) is 14.2 Å². The molecule has 1 atom stereocenters. The highest BCUT2D eigenvalue weighted by molar-refractivity contribution is 5.71. The van der Waals surface area contributed by atoms with Crippen LogP contribution in [0.4, 0.5) is 0 Å². The van der Waals surface area contributed by atoms with Gasteiger partial charge in [0.05, 0.1) is 0 Å². The zero-order valence-electron chi connectivity index (χ0n) is 43.9. The van der Waals surface area contributed by atoms with Gasteiger partial charge in [-0.3, -0.25) is 14.4 Å². The maximum Gasteiger partial charge on any atom is 0.306 e. The molecule has 0 aliphatic rings. The van der Waals surface area contributed by atoms with Gasteiger partial charge in [0, 0.05) is 19.3 Å². The molecule has 0 N–H and O–H groups in total. The maximum absolute atomic E-state index is 12.8. The Bertz CT molecular complexity index is 1300. The number of hydrogen-bond acceptors (Lipinski definition) is 6. The van der Waals surface area contributed by atoms with Gasteiger partial charge in [0.1, 0.15) is 13.2 Å². The van der Waals surface area contributed by atoms with Crippen molar-refractivity contribution in [3.63, 3.8) is 0 Å². The zero-order valence-corrected chi connectivity index (χ0v) is 43.9. The predicted molar refractivity (Wildman–Crippen MR) is 288 cm³/mol. The van der Waals surface area contributed by atoms with Crippen LogP contribution in [0, 0.1) is 0 Å². The average molecular weight is 933 g/mol. The monoisotopic (exact) mass is 933 g/mol. The summed E-state index contributed by atoms with van der Waals surface area (Å²) in [6, 6.07) is 0. The highest BCUT2D eigenvalue weighted by Crippen LogP contribution is 2.14. The molecule has 0 amide bonds. The standard InChI is InChI=1S/C61H104O6/c1-4-7-10-13-16-19-22-25-28-30-33-36-39-42-45-48-51-54-60(63)66-57-58(56-65-59(62)53-50-47-44-41-38-35-32-27-24-21-18-15-12-9-6-3)67-61(64)55-52-49-46-43-40-37-34-31-29-26-23-20-17-14-11-8-5-2/h16-21,25-29,32-33,36,58H,4-15,22-24,30-31,34-35,37-57H2,1-3H3/b19-16-,20-17-,21-18-,28-25-,29-26-,32-27-,36-33-/t58-/m1/s1. The highest BCUT2D eigenvalue weighted by atomic mass is 16.6. The third kappa shape index (κ3) is 53.4. The van der Waals surface area contributed by atoms with Gasteiger partial charge in [0.15, 0.2) is 6.10 Å². The number of hydrogen-bond donors (Lipinski definition) is 0. The second-order valence-corrected chi connectivity index (χ2v) is 18.5. The summed E-state index contributed by atoms with van der Waals surface area (Å²) < 4.78 is 16.8. The minimum atomic E-state index is -0.797. The molecule has 0 bridgehead atoms. The largest absolute Gasteiger partial charge is 0.462 e. The van der Waals surface area contributed by atoms with E-state index in [-0.39, 0.29) is 31.1 Å². The van der Waals surface area contributed by atoms with Crippen molar-refractivity contribution >= 4 is 17.9 Å². The van der Waals surface area contributed by atoms with Crippen LogP contribution >= 0.6 is 0 Å². The SMILES string of the molecule is CCCCC/C=C\C/C=C\C/C=C\CCCCCCC(=O)OC[C@@H](COC(=O)CCCCCCC/C=C\C/C=C\CCCCC)OC(=O)CCCCCCCCC/C=C\C/C=C\CCCCC. The second kappa shape index (κ2) is 55.2. The molecule has 0 aliphatic carbocycles. The topological polar surface area (TPSA) is 78.9 Å². The second-order valence-electron chi connectivity index (χ2n) is 18.5. The molecule has 6 heteroatoms. The summed E-state index contributed by atoms with van der Waals surface area (Å²) in [4.78, 5) is 38.1. The predicted octanol–water partition coefficient (Wildman–Crippen LogP) is 18.8. The van der Waals surface area contributed by atoms with E-state index in [1.165, 1.54) is 103 Å². The number of ether oxygens (including phenoxy) is 3. The minimum Gasteiger partial charge on any atom is -0.462 e. The zero-order chi connectivity index (χ0) is 48.6. The van der Waals surface area contributed by atoms with Crippen LogP contribution < -0.4 is 0 Å². The molecule has 0 spiro atoms. The van der Waals surface area contributed by atoms with E-state index < -0.39 is 6.10 Å². The Morgan fingerprint density at radius 2 is 0.537 bits per heavy atom. The normalized spacial score (nSPS) is 12.7. The number of rotatable bonds is 50. The van der Waals surface area contributed by atoms with Crippen LogP contribution in [-0.2, 0) is 28.6 Å². The summed E-state index contributed by atoms with van der Waals surface area (Å²) in [6.07, 6.45) is 71.3. The molecular formula is C61H104O6. The van der Waals surface area contributed by atoms with Gasteiger partial charge < -0.3 is 14.2 Å². The Morgan fingerprint density at radius 3 is 0.836 bits per heavy atom. The Morgan fingerprint density at radius 1 is 0.299 bits per heavy atom. The number of carbonyl (C=O) groups excluding carboxylic acids is 3. The smallest absolute Gasteiger partial charge is 0.306 e. The lowest BCUT2D eigenvalue weighted by molar-refractivity contribution is -0.167. The molecule has 0 saturated carbocycles. The first-order valence-corrected chi connectivity index (χ1v) is 28.1. The summed E-state index contributed by atoms with van der Waals surface area (Å²) >= 11 is 0. The van der Waals surface area contributed by atoms with Crippen LogP contribution in [0.15, 0.2) is 85.1 Å². The van der Waals surface area contributed by atoms with Crippen LogP contribution in [-0.4, -0.2) is 37.2 Å². The van der Waals surface area contributed by atoms with Crippen LogP contribution in [0.2, 0.25) is 0 Å². The first-order valence-electron chi connectivity index (χ1n) is 28.1. The number of allylic oxidation sites excluding steroid dienone is 14. The van der Waals surface area contributed by atoms with Gasteiger partial charge in [-0.2, -0.15) is 0 Å². The molecule has 0 aliphatic heterocycles. The molecule has 0 aromatic carbocycles. The van der Waals surface area contributed by atoms with E-state index in [0.29, 0.717) is 19.3 Å². The fraction of sp³-hybridized carbons (Fsp3) is 0.721. The number of unbranched alkanes of at least 4 members (excludes halogenated alkanes) is 25. The number of esters is 3. The van der Waals surface area contributed by atoms with Gasteiger partial charge in [-0.15, -0.1) is 0 Å². The molecule has 6 nitrogen and oxygen atoms in total. The average Bonchev–Trinajstić information content (AvgIpc) is 3.33. The van der Waals surface area contributed by atoms with Crippen LogP contribution in [0.3, 0.4) is 0 Å². The minimum absolute atomic E-state index is 0.0947.